The number of fused-ring (bicyclic) bond motifs is 1. The molecule has 0 aliphatic rings. The van der Waals surface area contributed by atoms with Gasteiger partial charge in [0.25, 0.3) is 0 Å². The molecule has 0 aliphatic heterocycles. The zero-order chi connectivity index (χ0) is 18.8. The molecule has 0 amide bonds. The molecule has 0 unspecified atom stereocenters. The molecule has 0 spiro atoms. The number of aryl methyl sites for hydroxylation is 1. The zero-order valence-electron chi connectivity index (χ0n) is 14.6. The number of rotatable bonds is 5. The van der Waals surface area contributed by atoms with Crippen LogP contribution in [0.4, 0.5) is 0 Å². The van der Waals surface area contributed by atoms with Gasteiger partial charge in [0.05, 0.1) is 24.6 Å². The van der Waals surface area contributed by atoms with Crippen LogP contribution in [0.1, 0.15) is 12.2 Å². The smallest absolute Gasteiger partial charge is 0.308 e. The summed E-state index contributed by atoms with van der Waals surface area (Å²) in [5.41, 5.74) is 3.20. The minimum atomic E-state index is -0.307. The Labute approximate surface area is 160 Å². The van der Waals surface area contributed by atoms with Crippen LogP contribution in [0.25, 0.3) is 28.3 Å². The monoisotopic (exact) mass is 381 g/mol. The van der Waals surface area contributed by atoms with Crippen LogP contribution >= 0.6 is 11.6 Å². The van der Waals surface area contributed by atoms with Crippen LogP contribution in [0.5, 0.6) is 0 Å². The Morgan fingerprint density at radius 3 is 2.89 bits per heavy atom. The molecule has 0 aliphatic carbocycles. The van der Waals surface area contributed by atoms with Crippen molar-refractivity contribution in [1.29, 1.82) is 0 Å². The number of ether oxygens (including phenoxy) is 1. The molecule has 0 atom stereocenters. The van der Waals surface area contributed by atoms with Crippen LogP contribution in [0.15, 0.2) is 59.3 Å². The minimum Gasteiger partial charge on any atom is -0.469 e. The van der Waals surface area contributed by atoms with Gasteiger partial charge >= 0.3 is 12.0 Å². The molecular formula is C20H16ClN3O3. The first-order valence-corrected chi connectivity index (χ1v) is 8.78. The van der Waals surface area contributed by atoms with E-state index < -0.39 is 0 Å². The van der Waals surface area contributed by atoms with Crippen molar-refractivity contribution < 1.29 is 13.9 Å². The summed E-state index contributed by atoms with van der Waals surface area (Å²) in [6.07, 6.45) is 2.24. The standard InChI is InChI=1S/C20H16ClN3O3/c1-26-18(25)10-9-17-19(13-5-4-6-14(21)11-13)23-20(27-17)24-12-22-15-7-2-3-8-16(15)24/h2-8,11-12H,9-10H2,1H3. The Morgan fingerprint density at radius 1 is 1.22 bits per heavy atom. The number of esters is 1. The number of hydrogen-bond acceptors (Lipinski definition) is 5. The van der Waals surface area contributed by atoms with Crippen molar-refractivity contribution in [3.63, 3.8) is 0 Å². The molecule has 27 heavy (non-hydrogen) atoms. The molecule has 0 fully saturated rings. The first kappa shape index (κ1) is 17.3. The van der Waals surface area contributed by atoms with Gasteiger partial charge < -0.3 is 9.15 Å². The Balaban J connectivity index is 1.80. The summed E-state index contributed by atoms with van der Waals surface area (Å²) in [5.74, 6) is 0.286. The quantitative estimate of drug-likeness (QED) is 0.478. The summed E-state index contributed by atoms with van der Waals surface area (Å²) < 4.78 is 12.5. The molecular weight excluding hydrogens is 366 g/mol. The number of halogens is 1. The molecule has 2 heterocycles. The number of benzene rings is 2. The van der Waals surface area contributed by atoms with Crippen LogP contribution in [0.2, 0.25) is 5.02 Å². The number of hydrogen-bond donors (Lipinski definition) is 0. The summed E-state index contributed by atoms with van der Waals surface area (Å²) >= 11 is 6.13. The third-order valence-corrected chi connectivity index (χ3v) is 4.46. The molecule has 0 N–H and O–H groups in total. The summed E-state index contributed by atoms with van der Waals surface area (Å²) in [7, 11) is 1.36. The predicted octanol–water partition coefficient (Wildman–Crippen LogP) is 4.44. The van der Waals surface area contributed by atoms with E-state index in [9.17, 15) is 4.79 Å². The third kappa shape index (κ3) is 3.44. The fourth-order valence-electron chi connectivity index (χ4n) is 2.90. The van der Waals surface area contributed by atoms with Crippen LogP contribution in [0.3, 0.4) is 0 Å². The molecule has 0 radical (unpaired) electrons. The highest BCUT2D eigenvalue weighted by atomic mass is 35.5. The zero-order valence-corrected chi connectivity index (χ0v) is 15.3. The number of oxazole rings is 1. The Hall–Kier alpha value is -3.12. The summed E-state index contributed by atoms with van der Waals surface area (Å²) in [5, 5.41) is 0.601. The molecule has 2 aromatic carbocycles. The molecule has 0 saturated carbocycles. The molecule has 2 aromatic heterocycles. The number of carbonyl (C=O) groups excluding carboxylic acids is 1. The highest BCUT2D eigenvalue weighted by Gasteiger charge is 2.19. The van der Waals surface area contributed by atoms with Crippen molar-refractivity contribution in [3.05, 3.63) is 65.6 Å². The largest absolute Gasteiger partial charge is 0.469 e. The Kier molecular flexibility index (Phi) is 4.64. The maximum atomic E-state index is 11.6. The van der Waals surface area contributed by atoms with Crippen molar-refractivity contribution in [2.45, 2.75) is 12.8 Å². The van der Waals surface area contributed by atoms with E-state index in [1.807, 2.05) is 42.5 Å². The van der Waals surface area contributed by atoms with Gasteiger partial charge in [-0.15, -0.1) is 0 Å². The first-order valence-electron chi connectivity index (χ1n) is 8.40. The maximum absolute atomic E-state index is 11.6. The van der Waals surface area contributed by atoms with E-state index in [4.69, 9.17) is 20.8 Å². The maximum Gasteiger partial charge on any atom is 0.308 e. The second-order valence-corrected chi connectivity index (χ2v) is 6.39. The molecule has 7 heteroatoms. The van der Waals surface area contributed by atoms with Gasteiger partial charge in [0, 0.05) is 17.0 Å². The number of carbonyl (C=O) groups is 1. The molecule has 0 bridgehead atoms. The van der Waals surface area contributed by atoms with Crippen molar-refractivity contribution in [2.24, 2.45) is 0 Å². The topological polar surface area (TPSA) is 70.2 Å². The van der Waals surface area contributed by atoms with Crippen LogP contribution in [0, 0.1) is 0 Å². The van der Waals surface area contributed by atoms with E-state index >= 15 is 0 Å². The minimum absolute atomic E-state index is 0.198. The van der Waals surface area contributed by atoms with E-state index in [1.165, 1.54) is 7.11 Å². The lowest BCUT2D eigenvalue weighted by Gasteiger charge is -2.01. The predicted molar refractivity (Wildman–Crippen MR) is 102 cm³/mol. The average molecular weight is 382 g/mol. The summed E-state index contributed by atoms with van der Waals surface area (Å²) in [6, 6.07) is 15.5. The summed E-state index contributed by atoms with van der Waals surface area (Å²) in [6.45, 7) is 0. The molecule has 4 rings (SSSR count). The molecule has 136 valence electrons. The van der Waals surface area contributed by atoms with Crippen LogP contribution < -0.4 is 0 Å². The van der Waals surface area contributed by atoms with Gasteiger partial charge in [-0.3, -0.25) is 9.36 Å². The molecule has 6 nitrogen and oxygen atoms in total. The fourth-order valence-corrected chi connectivity index (χ4v) is 3.09. The van der Waals surface area contributed by atoms with Crippen LogP contribution in [-0.2, 0) is 16.0 Å². The van der Waals surface area contributed by atoms with E-state index in [0.29, 0.717) is 28.9 Å². The SMILES string of the molecule is COC(=O)CCc1oc(-n2cnc3ccccc32)nc1-c1cccc(Cl)c1. The Bertz CT molecular complexity index is 1120. The number of methoxy groups -OCH3 is 1. The number of para-hydroxylation sites is 2. The molecule has 0 saturated heterocycles. The second-order valence-electron chi connectivity index (χ2n) is 5.96. The number of nitrogens with zero attached hydrogens (tertiary/aromatic N) is 3. The van der Waals surface area contributed by atoms with Gasteiger partial charge in [0.1, 0.15) is 17.8 Å². The van der Waals surface area contributed by atoms with Gasteiger partial charge in [-0.1, -0.05) is 35.9 Å². The van der Waals surface area contributed by atoms with Gasteiger partial charge in [-0.05, 0) is 24.3 Å². The Morgan fingerprint density at radius 2 is 2.07 bits per heavy atom. The fraction of sp³-hybridized carbons (Fsp3) is 0.150. The second kappa shape index (κ2) is 7.25. The number of imidazole rings is 1. The van der Waals surface area contributed by atoms with Crippen molar-refractivity contribution in [2.75, 3.05) is 7.11 Å². The van der Waals surface area contributed by atoms with E-state index in [1.54, 1.807) is 17.0 Å². The lowest BCUT2D eigenvalue weighted by atomic mass is 10.1. The van der Waals surface area contributed by atoms with Gasteiger partial charge in [-0.25, -0.2) is 4.98 Å². The highest BCUT2D eigenvalue weighted by Crippen LogP contribution is 2.29. The summed E-state index contributed by atoms with van der Waals surface area (Å²) in [4.78, 5) is 20.6. The van der Waals surface area contributed by atoms with Gasteiger partial charge in [0.15, 0.2) is 0 Å². The first-order chi connectivity index (χ1) is 13.2. The third-order valence-electron chi connectivity index (χ3n) is 4.23. The van der Waals surface area contributed by atoms with Crippen molar-refractivity contribution in [3.8, 4) is 17.3 Å². The van der Waals surface area contributed by atoms with E-state index in [-0.39, 0.29) is 12.4 Å². The van der Waals surface area contributed by atoms with Gasteiger partial charge in [-0.2, -0.15) is 4.98 Å². The average Bonchev–Trinajstić information content (AvgIpc) is 3.30. The van der Waals surface area contributed by atoms with Crippen LogP contribution in [-0.4, -0.2) is 27.6 Å². The van der Waals surface area contributed by atoms with Gasteiger partial charge in [0.2, 0.25) is 0 Å². The van der Waals surface area contributed by atoms with E-state index in [0.717, 1.165) is 16.6 Å². The van der Waals surface area contributed by atoms with Crippen molar-refractivity contribution >= 4 is 28.6 Å². The highest BCUT2D eigenvalue weighted by molar-refractivity contribution is 6.30. The number of aromatic nitrogens is 3. The lowest BCUT2D eigenvalue weighted by molar-refractivity contribution is -0.140. The van der Waals surface area contributed by atoms with E-state index in [2.05, 4.69) is 9.97 Å². The normalized spacial score (nSPS) is 11.0. The molecule has 4 aromatic rings. The lowest BCUT2D eigenvalue weighted by Crippen LogP contribution is -2.02. The van der Waals surface area contributed by atoms with Crippen molar-refractivity contribution in [1.82, 2.24) is 14.5 Å².